The van der Waals surface area contributed by atoms with Crippen molar-refractivity contribution in [2.45, 2.75) is 13.0 Å². The van der Waals surface area contributed by atoms with Crippen LogP contribution in [0, 0.1) is 5.92 Å². The number of amides is 1. The largest absolute Gasteiger partial charge is 0.362 e. The summed E-state index contributed by atoms with van der Waals surface area (Å²) in [7, 11) is 1.53. The topological polar surface area (TPSA) is 38.8 Å². The molecule has 0 aliphatic carbocycles. The first-order valence-electron chi connectivity index (χ1n) is 3.73. The lowest BCUT2D eigenvalue weighted by Crippen LogP contribution is -2.28. The Balaban J connectivity index is 2.56. The van der Waals surface area contributed by atoms with Crippen molar-refractivity contribution in [1.29, 1.82) is 0 Å². The number of carbonyl (C=O) groups is 1. The number of carbonyl (C=O) groups excluding carboxylic acids is 1. The molecule has 1 heterocycles. The molecule has 1 aliphatic heterocycles. The van der Waals surface area contributed by atoms with E-state index < -0.39 is 0 Å². The third-order valence-corrected chi connectivity index (χ3v) is 2.53. The number of hydrogen-bond acceptors (Lipinski definition) is 3. The van der Waals surface area contributed by atoms with E-state index in [4.69, 9.17) is 9.57 Å². The van der Waals surface area contributed by atoms with Gasteiger partial charge in [0.1, 0.15) is 6.73 Å². The Labute approximate surface area is 79.9 Å². The zero-order valence-corrected chi connectivity index (χ0v) is 8.70. The number of nitrogens with zero attached hydrogens (tertiary/aromatic N) is 1. The van der Waals surface area contributed by atoms with Crippen LogP contribution in [0.15, 0.2) is 0 Å². The maximum absolute atomic E-state index is 11.4. The molecule has 5 heteroatoms. The van der Waals surface area contributed by atoms with Gasteiger partial charge in [-0.05, 0) is 6.92 Å². The minimum Gasteiger partial charge on any atom is -0.362 e. The van der Waals surface area contributed by atoms with Gasteiger partial charge in [-0.3, -0.25) is 9.63 Å². The lowest BCUT2D eigenvalue weighted by Gasteiger charge is -2.12. The third kappa shape index (κ3) is 1.78. The monoisotopic (exact) mass is 237 g/mol. The van der Waals surface area contributed by atoms with Gasteiger partial charge >= 0.3 is 0 Å². The summed E-state index contributed by atoms with van der Waals surface area (Å²) in [5.41, 5.74) is 0. The Hall–Kier alpha value is -0.130. The van der Waals surface area contributed by atoms with Gasteiger partial charge in [-0.25, -0.2) is 0 Å². The highest BCUT2D eigenvalue weighted by Gasteiger charge is 2.38. The van der Waals surface area contributed by atoms with Crippen molar-refractivity contribution in [2.75, 3.05) is 19.2 Å². The molecule has 0 aromatic rings. The summed E-state index contributed by atoms with van der Waals surface area (Å²) in [5.74, 6) is -0.0959. The van der Waals surface area contributed by atoms with Gasteiger partial charge in [0.25, 0.3) is 5.91 Å². The summed E-state index contributed by atoms with van der Waals surface area (Å²) in [6.45, 7) is 2.08. The molecule has 70 valence electrons. The zero-order valence-electron chi connectivity index (χ0n) is 7.12. The standard InChI is InChI=1S/C7H12BrNO3/c1-5-6(3-8)7(10)9(12-5)4-11-2/h5-6H,3-4H2,1-2H3/t5-,6+/m1/s1. The van der Waals surface area contributed by atoms with E-state index in [-0.39, 0.29) is 24.7 Å². The lowest BCUT2D eigenvalue weighted by molar-refractivity contribution is -0.195. The van der Waals surface area contributed by atoms with Gasteiger partial charge < -0.3 is 4.74 Å². The molecule has 0 radical (unpaired) electrons. The zero-order chi connectivity index (χ0) is 9.14. The molecule has 0 saturated carbocycles. The first kappa shape index (κ1) is 9.95. The minimum atomic E-state index is -0.0832. The van der Waals surface area contributed by atoms with Crippen molar-refractivity contribution in [3.63, 3.8) is 0 Å². The average Bonchev–Trinajstić information content (AvgIpc) is 2.29. The number of hydrogen-bond donors (Lipinski definition) is 0. The highest BCUT2D eigenvalue weighted by atomic mass is 79.9. The van der Waals surface area contributed by atoms with Crippen LogP contribution in [-0.4, -0.2) is 36.2 Å². The smallest absolute Gasteiger partial charge is 0.255 e. The first-order valence-corrected chi connectivity index (χ1v) is 4.86. The van der Waals surface area contributed by atoms with Crippen molar-refractivity contribution in [3.8, 4) is 0 Å². The molecule has 4 nitrogen and oxygen atoms in total. The van der Waals surface area contributed by atoms with Gasteiger partial charge in [-0.2, -0.15) is 5.06 Å². The molecule has 0 bridgehead atoms. The fourth-order valence-corrected chi connectivity index (χ4v) is 1.92. The Morgan fingerprint density at radius 3 is 2.83 bits per heavy atom. The first-order chi connectivity index (χ1) is 5.70. The second-order valence-electron chi connectivity index (χ2n) is 2.71. The van der Waals surface area contributed by atoms with Gasteiger partial charge in [0, 0.05) is 12.4 Å². The van der Waals surface area contributed by atoms with Crippen LogP contribution in [0.2, 0.25) is 0 Å². The maximum atomic E-state index is 11.4. The van der Waals surface area contributed by atoms with E-state index in [1.165, 1.54) is 12.2 Å². The normalized spacial score (nSPS) is 29.9. The van der Waals surface area contributed by atoms with Crippen LogP contribution in [0.1, 0.15) is 6.92 Å². The molecule has 2 atom stereocenters. The summed E-state index contributed by atoms with van der Waals surface area (Å²) >= 11 is 3.27. The van der Waals surface area contributed by atoms with Gasteiger partial charge in [-0.15, -0.1) is 0 Å². The van der Waals surface area contributed by atoms with Crippen LogP contribution in [0.4, 0.5) is 0 Å². The molecule has 1 saturated heterocycles. The quantitative estimate of drug-likeness (QED) is 0.681. The SMILES string of the molecule is COCN1O[C@H](C)[C@H](CBr)C1=O. The van der Waals surface area contributed by atoms with Crippen LogP contribution in [-0.2, 0) is 14.4 Å². The van der Waals surface area contributed by atoms with Gasteiger partial charge in [0.15, 0.2) is 0 Å². The molecule has 12 heavy (non-hydrogen) atoms. The molecule has 1 amide bonds. The van der Waals surface area contributed by atoms with Gasteiger partial charge in [-0.1, -0.05) is 15.9 Å². The second kappa shape index (κ2) is 4.20. The van der Waals surface area contributed by atoms with E-state index in [1.807, 2.05) is 6.92 Å². The molecular formula is C7H12BrNO3. The summed E-state index contributed by atoms with van der Waals surface area (Å²) in [5, 5.41) is 1.89. The average molecular weight is 238 g/mol. The van der Waals surface area contributed by atoms with E-state index in [9.17, 15) is 4.79 Å². The summed E-state index contributed by atoms with van der Waals surface area (Å²) in [6.07, 6.45) is -0.0629. The highest BCUT2D eigenvalue weighted by molar-refractivity contribution is 9.09. The Kier molecular flexibility index (Phi) is 3.49. The Bertz CT molecular complexity index is 176. The maximum Gasteiger partial charge on any atom is 0.255 e. The second-order valence-corrected chi connectivity index (χ2v) is 3.35. The van der Waals surface area contributed by atoms with Crippen LogP contribution in [0.5, 0.6) is 0 Å². The predicted octanol–water partition coefficient (Wildman–Crippen LogP) is 0.764. The molecule has 1 fully saturated rings. The third-order valence-electron chi connectivity index (χ3n) is 1.84. The molecule has 1 rings (SSSR count). The number of ether oxygens (including phenoxy) is 1. The minimum absolute atomic E-state index is 0.0128. The van der Waals surface area contributed by atoms with Crippen molar-refractivity contribution >= 4 is 21.8 Å². The van der Waals surface area contributed by atoms with E-state index in [1.54, 1.807) is 0 Å². The Morgan fingerprint density at radius 1 is 1.75 bits per heavy atom. The molecule has 0 N–H and O–H groups in total. The van der Waals surface area contributed by atoms with E-state index in [2.05, 4.69) is 15.9 Å². The van der Waals surface area contributed by atoms with Crippen LogP contribution >= 0.6 is 15.9 Å². The van der Waals surface area contributed by atoms with Gasteiger partial charge in [0.2, 0.25) is 0 Å². The molecule has 1 aliphatic rings. The van der Waals surface area contributed by atoms with Crippen LogP contribution < -0.4 is 0 Å². The highest BCUT2D eigenvalue weighted by Crippen LogP contribution is 2.22. The van der Waals surface area contributed by atoms with Crippen molar-refractivity contribution in [3.05, 3.63) is 0 Å². The van der Waals surface area contributed by atoms with Crippen LogP contribution in [0.3, 0.4) is 0 Å². The fourth-order valence-electron chi connectivity index (χ4n) is 1.11. The van der Waals surface area contributed by atoms with Crippen molar-refractivity contribution in [1.82, 2.24) is 5.06 Å². The van der Waals surface area contributed by atoms with E-state index in [0.717, 1.165) is 0 Å². The molecule has 0 aromatic heterocycles. The predicted molar refractivity (Wildman–Crippen MR) is 46.6 cm³/mol. The fraction of sp³-hybridized carbons (Fsp3) is 0.857. The number of rotatable bonds is 3. The van der Waals surface area contributed by atoms with E-state index >= 15 is 0 Å². The number of hydroxylamine groups is 2. The Morgan fingerprint density at radius 2 is 2.42 bits per heavy atom. The molecule has 0 spiro atoms. The molecular weight excluding hydrogens is 226 g/mol. The summed E-state index contributed by atoms with van der Waals surface area (Å²) < 4.78 is 4.80. The van der Waals surface area contributed by atoms with E-state index in [0.29, 0.717) is 5.33 Å². The molecule has 0 unspecified atom stereocenters. The van der Waals surface area contributed by atoms with Crippen molar-refractivity contribution in [2.24, 2.45) is 5.92 Å². The number of alkyl halides is 1. The lowest BCUT2D eigenvalue weighted by atomic mass is 10.1. The van der Waals surface area contributed by atoms with Gasteiger partial charge in [0.05, 0.1) is 12.0 Å². The van der Waals surface area contributed by atoms with Crippen molar-refractivity contribution < 1.29 is 14.4 Å². The molecule has 0 aromatic carbocycles. The van der Waals surface area contributed by atoms with Crippen LogP contribution in [0.25, 0.3) is 0 Å². The summed E-state index contributed by atoms with van der Waals surface area (Å²) in [4.78, 5) is 16.7. The number of halogens is 1. The number of methoxy groups -OCH3 is 1. The summed E-state index contributed by atoms with van der Waals surface area (Å²) in [6, 6.07) is 0.